The van der Waals surface area contributed by atoms with Gasteiger partial charge in [-0.1, -0.05) is 23.7 Å². The summed E-state index contributed by atoms with van der Waals surface area (Å²) in [5, 5.41) is 3.52. The summed E-state index contributed by atoms with van der Waals surface area (Å²) in [4.78, 5) is 28.1. The highest BCUT2D eigenvalue weighted by atomic mass is 35.5. The van der Waals surface area contributed by atoms with E-state index in [1.165, 1.54) is 0 Å². The number of nitrogens with zero attached hydrogens (tertiary/aromatic N) is 2. The molecular formula is C18H18ClN3O2. The molecule has 5 nitrogen and oxygen atoms in total. The summed E-state index contributed by atoms with van der Waals surface area (Å²) in [5.74, 6) is -0.541. The average Bonchev–Trinajstić information content (AvgIpc) is 2.83. The van der Waals surface area contributed by atoms with E-state index in [1.54, 1.807) is 24.3 Å². The van der Waals surface area contributed by atoms with E-state index in [2.05, 4.69) is 5.32 Å². The number of carbonyl (C=O) groups is 2. The van der Waals surface area contributed by atoms with Gasteiger partial charge in [-0.25, -0.2) is 4.90 Å². The molecule has 1 aliphatic rings. The van der Waals surface area contributed by atoms with Crippen molar-refractivity contribution in [1.82, 2.24) is 0 Å². The number of carbonyl (C=O) groups excluding carboxylic acids is 2. The summed E-state index contributed by atoms with van der Waals surface area (Å²) >= 11 is 6.12. The maximum atomic E-state index is 12.6. The fourth-order valence-corrected chi connectivity index (χ4v) is 2.91. The lowest BCUT2D eigenvalue weighted by Crippen LogP contribution is -2.35. The van der Waals surface area contributed by atoms with Crippen molar-refractivity contribution in [1.29, 1.82) is 0 Å². The van der Waals surface area contributed by atoms with Gasteiger partial charge in [0, 0.05) is 25.5 Å². The second kappa shape index (κ2) is 6.53. The first-order valence-corrected chi connectivity index (χ1v) is 8.00. The highest BCUT2D eigenvalue weighted by Crippen LogP contribution is 2.30. The maximum absolute atomic E-state index is 12.6. The van der Waals surface area contributed by atoms with Crippen molar-refractivity contribution in [2.24, 2.45) is 0 Å². The van der Waals surface area contributed by atoms with Crippen LogP contribution in [0.3, 0.4) is 0 Å². The van der Waals surface area contributed by atoms with Crippen LogP contribution < -0.4 is 15.1 Å². The van der Waals surface area contributed by atoms with Crippen molar-refractivity contribution in [2.75, 3.05) is 29.2 Å². The van der Waals surface area contributed by atoms with E-state index in [1.807, 2.05) is 43.3 Å². The van der Waals surface area contributed by atoms with E-state index in [4.69, 9.17) is 11.6 Å². The van der Waals surface area contributed by atoms with Crippen LogP contribution in [0.2, 0.25) is 5.02 Å². The molecule has 0 saturated carbocycles. The maximum Gasteiger partial charge on any atom is 0.256 e. The lowest BCUT2D eigenvalue weighted by Gasteiger charge is -2.18. The molecule has 1 aliphatic heterocycles. The van der Waals surface area contributed by atoms with E-state index in [-0.39, 0.29) is 18.2 Å². The van der Waals surface area contributed by atoms with Crippen LogP contribution in [0.25, 0.3) is 0 Å². The molecule has 0 spiro atoms. The normalized spacial score (nSPS) is 17.3. The second-order valence-corrected chi connectivity index (χ2v) is 6.27. The average molecular weight is 344 g/mol. The zero-order valence-corrected chi connectivity index (χ0v) is 14.2. The van der Waals surface area contributed by atoms with Gasteiger partial charge in [0.05, 0.1) is 17.1 Å². The number of rotatable bonds is 4. The van der Waals surface area contributed by atoms with Gasteiger partial charge < -0.3 is 10.2 Å². The van der Waals surface area contributed by atoms with Crippen molar-refractivity contribution >= 4 is 40.5 Å². The third-order valence-corrected chi connectivity index (χ3v) is 4.28. The van der Waals surface area contributed by atoms with Crippen molar-refractivity contribution in [2.45, 2.75) is 12.5 Å². The van der Waals surface area contributed by atoms with E-state index < -0.39 is 6.04 Å². The van der Waals surface area contributed by atoms with Crippen LogP contribution in [0.1, 0.15) is 6.42 Å². The van der Waals surface area contributed by atoms with E-state index in [0.717, 1.165) is 16.3 Å². The Labute approximate surface area is 145 Å². The van der Waals surface area contributed by atoms with Crippen LogP contribution in [-0.2, 0) is 9.59 Å². The number of hydrogen-bond acceptors (Lipinski definition) is 4. The van der Waals surface area contributed by atoms with E-state index in [9.17, 15) is 9.59 Å². The smallest absolute Gasteiger partial charge is 0.256 e. The summed E-state index contributed by atoms with van der Waals surface area (Å²) < 4.78 is 0. The molecule has 0 aliphatic carbocycles. The minimum atomic E-state index is -0.584. The van der Waals surface area contributed by atoms with Gasteiger partial charge >= 0.3 is 0 Å². The number of anilines is 3. The van der Waals surface area contributed by atoms with Crippen molar-refractivity contribution in [3.63, 3.8) is 0 Å². The third kappa shape index (κ3) is 3.08. The van der Waals surface area contributed by atoms with Gasteiger partial charge in [0.2, 0.25) is 5.91 Å². The van der Waals surface area contributed by atoms with Crippen LogP contribution in [-0.4, -0.2) is 32.0 Å². The number of imide groups is 1. The number of benzene rings is 2. The molecule has 1 saturated heterocycles. The van der Waals surface area contributed by atoms with Crippen LogP contribution in [0, 0.1) is 0 Å². The predicted molar refractivity (Wildman–Crippen MR) is 96.7 cm³/mol. The Balaban J connectivity index is 1.78. The molecule has 0 radical (unpaired) electrons. The molecule has 24 heavy (non-hydrogen) atoms. The molecule has 0 bridgehead atoms. The largest absolute Gasteiger partial charge is 0.378 e. The quantitative estimate of drug-likeness (QED) is 0.866. The van der Waals surface area contributed by atoms with Crippen molar-refractivity contribution in [3.05, 3.63) is 53.6 Å². The second-order valence-electron chi connectivity index (χ2n) is 5.86. The lowest BCUT2D eigenvalue weighted by atomic mass is 10.2. The molecule has 1 N–H and O–H groups in total. The Hall–Kier alpha value is -2.53. The van der Waals surface area contributed by atoms with Crippen molar-refractivity contribution in [3.8, 4) is 0 Å². The zero-order valence-electron chi connectivity index (χ0n) is 13.5. The fraction of sp³-hybridized carbons (Fsp3) is 0.222. The standard InChI is InChI=1S/C18H18ClN3O2/c1-21(2)13-9-7-12(8-10-13)20-15-11-17(23)22(18(15)24)16-6-4-3-5-14(16)19/h3-10,15,20H,11H2,1-2H3/t15-/m0/s1. The highest BCUT2D eigenvalue weighted by molar-refractivity contribution is 6.36. The van der Waals surface area contributed by atoms with Gasteiger partial charge in [-0.2, -0.15) is 0 Å². The minimum absolute atomic E-state index is 0.111. The molecule has 1 atom stereocenters. The number of nitrogens with one attached hydrogen (secondary N) is 1. The number of amides is 2. The summed E-state index contributed by atoms with van der Waals surface area (Å²) in [6, 6.07) is 14.0. The topological polar surface area (TPSA) is 52.7 Å². The SMILES string of the molecule is CN(C)c1ccc(N[C@H]2CC(=O)N(c3ccccc3Cl)C2=O)cc1. The Morgan fingerprint density at radius 1 is 1.08 bits per heavy atom. The molecule has 2 aromatic carbocycles. The Bertz CT molecular complexity index is 774. The molecule has 2 aromatic rings. The molecule has 124 valence electrons. The lowest BCUT2D eigenvalue weighted by molar-refractivity contribution is -0.121. The molecule has 1 heterocycles. The first-order chi connectivity index (χ1) is 11.5. The summed E-state index contributed by atoms with van der Waals surface area (Å²) in [6.45, 7) is 0. The third-order valence-electron chi connectivity index (χ3n) is 3.96. The number of halogens is 1. The van der Waals surface area contributed by atoms with Gasteiger partial charge in [0.25, 0.3) is 5.91 Å². The minimum Gasteiger partial charge on any atom is -0.378 e. The van der Waals surface area contributed by atoms with Gasteiger partial charge in [0.1, 0.15) is 6.04 Å². The summed E-state index contributed by atoms with van der Waals surface area (Å²) in [5.41, 5.74) is 2.29. The molecule has 2 amide bonds. The monoisotopic (exact) mass is 343 g/mol. The predicted octanol–water partition coefficient (Wildman–Crippen LogP) is 3.15. The van der Waals surface area contributed by atoms with Gasteiger partial charge in [-0.05, 0) is 36.4 Å². The van der Waals surface area contributed by atoms with Gasteiger partial charge in [-0.3, -0.25) is 9.59 Å². The number of hydrogen-bond donors (Lipinski definition) is 1. The first-order valence-electron chi connectivity index (χ1n) is 7.62. The Morgan fingerprint density at radius 3 is 2.38 bits per heavy atom. The van der Waals surface area contributed by atoms with Gasteiger partial charge in [0.15, 0.2) is 0 Å². The van der Waals surface area contributed by atoms with Crippen LogP contribution >= 0.6 is 11.6 Å². The van der Waals surface area contributed by atoms with Crippen LogP contribution in [0.4, 0.5) is 17.1 Å². The number of para-hydroxylation sites is 1. The van der Waals surface area contributed by atoms with Gasteiger partial charge in [-0.15, -0.1) is 0 Å². The van der Waals surface area contributed by atoms with Crippen LogP contribution in [0.15, 0.2) is 48.5 Å². The molecule has 6 heteroatoms. The van der Waals surface area contributed by atoms with E-state index >= 15 is 0 Å². The molecule has 0 unspecified atom stereocenters. The summed E-state index contributed by atoms with van der Waals surface area (Å²) in [7, 11) is 3.92. The molecular weight excluding hydrogens is 326 g/mol. The summed E-state index contributed by atoms with van der Waals surface area (Å²) in [6.07, 6.45) is 0.111. The fourth-order valence-electron chi connectivity index (χ4n) is 2.69. The highest BCUT2D eigenvalue weighted by Gasteiger charge is 2.40. The molecule has 0 aromatic heterocycles. The zero-order chi connectivity index (χ0) is 17.3. The van der Waals surface area contributed by atoms with E-state index in [0.29, 0.717) is 10.7 Å². The van der Waals surface area contributed by atoms with Crippen LogP contribution in [0.5, 0.6) is 0 Å². The molecule has 1 fully saturated rings. The van der Waals surface area contributed by atoms with Crippen molar-refractivity contribution < 1.29 is 9.59 Å². The Kier molecular flexibility index (Phi) is 4.44. The molecule has 3 rings (SSSR count). The Morgan fingerprint density at radius 2 is 1.75 bits per heavy atom. The first kappa shape index (κ1) is 16.3.